The fourth-order valence-corrected chi connectivity index (χ4v) is 1.70. The van der Waals surface area contributed by atoms with Gasteiger partial charge in [0.1, 0.15) is 0 Å². The van der Waals surface area contributed by atoms with Crippen LogP contribution in [0.2, 0.25) is 0 Å². The number of benzene rings is 1. The van der Waals surface area contributed by atoms with E-state index in [0.29, 0.717) is 6.54 Å². The van der Waals surface area contributed by atoms with E-state index in [4.69, 9.17) is 5.73 Å². The Labute approximate surface area is 83.7 Å². The Bertz CT molecular complexity index is 322. The number of thioether (sulfide) groups is 1. The first-order chi connectivity index (χ1) is 6.36. The van der Waals surface area contributed by atoms with Crippen molar-refractivity contribution in [2.45, 2.75) is 11.8 Å². The average molecular weight is 191 g/mol. The van der Waals surface area contributed by atoms with Gasteiger partial charge in [0.15, 0.2) is 0 Å². The van der Waals surface area contributed by atoms with E-state index in [1.165, 1.54) is 4.90 Å². The predicted molar refractivity (Wildman–Crippen MR) is 58.8 cm³/mol. The lowest BCUT2D eigenvalue weighted by atomic mass is 10.2. The van der Waals surface area contributed by atoms with Crippen LogP contribution in [0.15, 0.2) is 29.2 Å². The Kier molecular flexibility index (Phi) is 4.45. The Balaban J connectivity index is 2.79. The molecule has 0 unspecified atom stereocenters. The standard InChI is InChI=1S/C11H13NS/c1-2-13-11-7-3-5-10(9-11)6-4-8-12/h3,5,7,9H,2,8,12H2,1H3. The summed E-state index contributed by atoms with van der Waals surface area (Å²) in [7, 11) is 0. The van der Waals surface area contributed by atoms with Gasteiger partial charge in [-0.2, -0.15) is 0 Å². The minimum atomic E-state index is 0.422. The Morgan fingerprint density at radius 3 is 3.00 bits per heavy atom. The molecule has 0 aliphatic carbocycles. The van der Waals surface area contributed by atoms with Crippen LogP contribution >= 0.6 is 11.8 Å². The second kappa shape index (κ2) is 5.69. The molecule has 0 aromatic heterocycles. The second-order valence-electron chi connectivity index (χ2n) is 2.47. The van der Waals surface area contributed by atoms with Crippen molar-refractivity contribution < 1.29 is 0 Å². The van der Waals surface area contributed by atoms with Gasteiger partial charge in [0.25, 0.3) is 0 Å². The summed E-state index contributed by atoms with van der Waals surface area (Å²) in [5, 5.41) is 0. The molecule has 1 rings (SSSR count). The highest BCUT2D eigenvalue weighted by Gasteiger charge is 1.91. The van der Waals surface area contributed by atoms with Crippen molar-refractivity contribution in [1.82, 2.24) is 0 Å². The van der Waals surface area contributed by atoms with Gasteiger partial charge in [-0.05, 0) is 24.0 Å². The normalized spacial score (nSPS) is 9.08. The van der Waals surface area contributed by atoms with Gasteiger partial charge in [0, 0.05) is 10.5 Å². The molecule has 2 heteroatoms. The van der Waals surface area contributed by atoms with E-state index >= 15 is 0 Å². The summed E-state index contributed by atoms with van der Waals surface area (Å²) in [6, 6.07) is 8.22. The topological polar surface area (TPSA) is 26.0 Å². The maximum absolute atomic E-state index is 5.29. The van der Waals surface area contributed by atoms with Crippen molar-refractivity contribution in [2.24, 2.45) is 5.73 Å². The number of rotatable bonds is 2. The van der Waals surface area contributed by atoms with Crippen LogP contribution in [0.4, 0.5) is 0 Å². The molecule has 1 nitrogen and oxygen atoms in total. The molecule has 0 radical (unpaired) electrons. The van der Waals surface area contributed by atoms with Crippen LogP contribution in [0, 0.1) is 11.8 Å². The van der Waals surface area contributed by atoms with Crippen molar-refractivity contribution >= 4 is 11.8 Å². The molecule has 0 amide bonds. The van der Waals surface area contributed by atoms with Crippen LogP contribution in [0.5, 0.6) is 0 Å². The van der Waals surface area contributed by atoms with Crippen molar-refractivity contribution in [3.05, 3.63) is 29.8 Å². The van der Waals surface area contributed by atoms with Crippen LogP contribution in [0.25, 0.3) is 0 Å². The Morgan fingerprint density at radius 1 is 1.46 bits per heavy atom. The van der Waals surface area contributed by atoms with Crippen molar-refractivity contribution in [3.8, 4) is 11.8 Å². The summed E-state index contributed by atoms with van der Waals surface area (Å²) in [5.74, 6) is 6.95. The maximum atomic E-state index is 5.29. The summed E-state index contributed by atoms with van der Waals surface area (Å²) in [5.41, 5.74) is 6.34. The van der Waals surface area contributed by atoms with E-state index in [-0.39, 0.29) is 0 Å². The zero-order chi connectivity index (χ0) is 9.52. The lowest BCUT2D eigenvalue weighted by Crippen LogP contribution is -1.92. The fourth-order valence-electron chi connectivity index (χ4n) is 0.983. The molecule has 1 aromatic carbocycles. The first-order valence-electron chi connectivity index (χ1n) is 4.28. The van der Waals surface area contributed by atoms with Crippen LogP contribution in [-0.4, -0.2) is 12.3 Å². The van der Waals surface area contributed by atoms with E-state index in [9.17, 15) is 0 Å². The summed E-state index contributed by atoms with van der Waals surface area (Å²) in [6.07, 6.45) is 0. The molecule has 0 fully saturated rings. The van der Waals surface area contributed by atoms with Crippen LogP contribution in [-0.2, 0) is 0 Å². The third kappa shape index (κ3) is 3.54. The smallest absolute Gasteiger partial charge is 0.0555 e. The van der Waals surface area contributed by atoms with Crippen molar-refractivity contribution in [3.63, 3.8) is 0 Å². The quantitative estimate of drug-likeness (QED) is 0.572. The molecule has 0 saturated heterocycles. The molecule has 0 bridgehead atoms. The molecule has 1 aromatic rings. The third-order valence-corrected chi connectivity index (χ3v) is 2.36. The van der Waals surface area contributed by atoms with Gasteiger partial charge in [-0.15, -0.1) is 11.8 Å². The molecule has 0 aliphatic heterocycles. The largest absolute Gasteiger partial charge is 0.320 e. The summed E-state index contributed by atoms with van der Waals surface area (Å²) < 4.78 is 0. The minimum Gasteiger partial charge on any atom is -0.320 e. The van der Waals surface area contributed by atoms with Crippen molar-refractivity contribution in [2.75, 3.05) is 12.3 Å². The van der Waals surface area contributed by atoms with Gasteiger partial charge in [-0.1, -0.05) is 24.8 Å². The monoisotopic (exact) mass is 191 g/mol. The highest BCUT2D eigenvalue weighted by atomic mass is 32.2. The van der Waals surface area contributed by atoms with E-state index in [0.717, 1.165) is 11.3 Å². The summed E-state index contributed by atoms with van der Waals surface area (Å²) in [4.78, 5) is 1.27. The molecule has 0 atom stereocenters. The fraction of sp³-hybridized carbons (Fsp3) is 0.273. The Hall–Kier alpha value is -0.910. The van der Waals surface area contributed by atoms with Crippen LogP contribution < -0.4 is 5.73 Å². The van der Waals surface area contributed by atoms with Crippen LogP contribution in [0.1, 0.15) is 12.5 Å². The molecule has 0 aliphatic rings. The summed E-state index contributed by atoms with van der Waals surface area (Å²) >= 11 is 1.82. The van der Waals surface area contributed by atoms with E-state index < -0.39 is 0 Å². The van der Waals surface area contributed by atoms with Gasteiger partial charge >= 0.3 is 0 Å². The second-order valence-corrected chi connectivity index (χ2v) is 3.80. The lowest BCUT2D eigenvalue weighted by molar-refractivity contribution is 1.30. The number of hydrogen-bond donors (Lipinski definition) is 1. The van der Waals surface area contributed by atoms with E-state index in [1.54, 1.807) is 0 Å². The first-order valence-corrected chi connectivity index (χ1v) is 5.27. The highest BCUT2D eigenvalue weighted by Crippen LogP contribution is 2.17. The molecular weight excluding hydrogens is 178 g/mol. The lowest BCUT2D eigenvalue weighted by Gasteiger charge is -1.97. The van der Waals surface area contributed by atoms with Crippen LogP contribution in [0.3, 0.4) is 0 Å². The molecular formula is C11H13NS. The summed E-state index contributed by atoms with van der Waals surface area (Å²) in [6.45, 7) is 2.56. The SMILES string of the molecule is CCSc1cccc(C#CCN)c1. The molecule has 0 saturated carbocycles. The van der Waals surface area contributed by atoms with Gasteiger partial charge in [0.05, 0.1) is 6.54 Å². The zero-order valence-corrected chi connectivity index (χ0v) is 8.53. The van der Waals surface area contributed by atoms with Gasteiger partial charge in [0.2, 0.25) is 0 Å². The Morgan fingerprint density at radius 2 is 2.31 bits per heavy atom. The van der Waals surface area contributed by atoms with Gasteiger partial charge in [-0.25, -0.2) is 0 Å². The molecule has 13 heavy (non-hydrogen) atoms. The molecule has 0 spiro atoms. The molecule has 2 N–H and O–H groups in total. The molecule has 0 heterocycles. The van der Waals surface area contributed by atoms with E-state index in [2.05, 4.69) is 30.9 Å². The third-order valence-electron chi connectivity index (χ3n) is 1.48. The number of nitrogens with two attached hydrogens (primary N) is 1. The first kappa shape index (κ1) is 10.2. The van der Waals surface area contributed by atoms with Gasteiger partial charge < -0.3 is 5.73 Å². The maximum Gasteiger partial charge on any atom is 0.0555 e. The highest BCUT2D eigenvalue weighted by molar-refractivity contribution is 7.99. The predicted octanol–water partition coefficient (Wildman–Crippen LogP) is 2.11. The minimum absolute atomic E-state index is 0.422. The number of hydrogen-bond acceptors (Lipinski definition) is 2. The van der Waals surface area contributed by atoms with Gasteiger partial charge in [-0.3, -0.25) is 0 Å². The van der Waals surface area contributed by atoms with E-state index in [1.807, 2.05) is 23.9 Å². The zero-order valence-electron chi connectivity index (χ0n) is 7.71. The van der Waals surface area contributed by atoms with Crippen molar-refractivity contribution in [1.29, 1.82) is 0 Å². The molecule has 68 valence electrons. The average Bonchev–Trinajstić information content (AvgIpc) is 2.16.